The molecule has 0 aromatic heterocycles. The van der Waals surface area contributed by atoms with Crippen LogP contribution >= 0.6 is 0 Å². The second-order valence-electron chi connectivity index (χ2n) is 5.86. The van der Waals surface area contributed by atoms with Gasteiger partial charge >= 0.3 is 29.9 Å². The molecule has 21 heavy (non-hydrogen) atoms. The average Bonchev–Trinajstić information content (AvgIpc) is 2.45. The molecule has 0 amide bonds. The summed E-state index contributed by atoms with van der Waals surface area (Å²) in [5.41, 5.74) is 0. The fourth-order valence-electron chi connectivity index (χ4n) is 2.37. The summed E-state index contributed by atoms with van der Waals surface area (Å²) < 4.78 is 5.22. The Morgan fingerprint density at radius 3 is 1.62 bits per heavy atom. The Bertz CT molecular complexity index is 207. The topological polar surface area (TPSA) is 26.3 Å². The summed E-state index contributed by atoms with van der Waals surface area (Å²) in [7, 11) is 0. The van der Waals surface area contributed by atoms with Gasteiger partial charge in [-0.2, -0.15) is 0 Å². The van der Waals surface area contributed by atoms with E-state index < -0.39 is 0 Å². The van der Waals surface area contributed by atoms with E-state index in [0.717, 1.165) is 12.8 Å². The van der Waals surface area contributed by atoms with Crippen LogP contribution in [0.5, 0.6) is 0 Å². The standard InChI is InChI=1S/C18H36O2.Sn.2H/c1-3-5-7-9-10-11-12-13-14-16-18(19)20-17-15-8-6-4-2;;;/h3-17H2,1-2H3;;;. The molecule has 0 aliphatic heterocycles. The van der Waals surface area contributed by atoms with Crippen molar-refractivity contribution in [3.05, 3.63) is 0 Å². The first-order chi connectivity index (χ1) is 9.81. The molecule has 0 fully saturated rings. The molecule has 0 saturated carbocycles. The Kier molecular flexibility index (Phi) is 22.7. The number of hydrogen-bond acceptors (Lipinski definition) is 2. The van der Waals surface area contributed by atoms with E-state index in [9.17, 15) is 4.79 Å². The van der Waals surface area contributed by atoms with Crippen molar-refractivity contribution in [1.29, 1.82) is 0 Å². The van der Waals surface area contributed by atoms with Gasteiger partial charge in [-0.3, -0.25) is 4.79 Å². The number of esters is 1. The number of rotatable bonds is 15. The summed E-state index contributed by atoms with van der Waals surface area (Å²) in [4.78, 5) is 11.5. The number of unbranched alkanes of at least 4 members (excludes halogenated alkanes) is 11. The Hall–Kier alpha value is 0.269. The third-order valence-electron chi connectivity index (χ3n) is 3.75. The van der Waals surface area contributed by atoms with Gasteiger partial charge in [0.2, 0.25) is 0 Å². The van der Waals surface area contributed by atoms with Gasteiger partial charge in [0.05, 0.1) is 6.61 Å². The second-order valence-corrected chi connectivity index (χ2v) is 5.86. The minimum atomic E-state index is 0. The molecule has 126 valence electrons. The van der Waals surface area contributed by atoms with Crippen molar-refractivity contribution in [2.45, 2.75) is 104 Å². The van der Waals surface area contributed by atoms with Gasteiger partial charge in [0.1, 0.15) is 0 Å². The maximum absolute atomic E-state index is 11.5. The van der Waals surface area contributed by atoms with Crippen LogP contribution in [0.15, 0.2) is 0 Å². The van der Waals surface area contributed by atoms with Crippen LogP contribution in [0.25, 0.3) is 0 Å². The van der Waals surface area contributed by atoms with Gasteiger partial charge in [-0.15, -0.1) is 0 Å². The summed E-state index contributed by atoms with van der Waals surface area (Å²) in [5, 5.41) is 0. The van der Waals surface area contributed by atoms with Crippen molar-refractivity contribution in [1.82, 2.24) is 0 Å². The summed E-state index contributed by atoms with van der Waals surface area (Å²) in [6, 6.07) is 0. The quantitative estimate of drug-likeness (QED) is 0.215. The van der Waals surface area contributed by atoms with Gasteiger partial charge in [0.25, 0.3) is 0 Å². The Morgan fingerprint density at radius 2 is 1.10 bits per heavy atom. The monoisotopic (exact) mass is 406 g/mol. The second kappa shape index (κ2) is 20.3. The van der Waals surface area contributed by atoms with E-state index in [1.165, 1.54) is 70.6 Å². The molecule has 0 N–H and O–H groups in total. The summed E-state index contributed by atoms with van der Waals surface area (Å²) >= 11 is 0. The van der Waals surface area contributed by atoms with E-state index >= 15 is 0 Å². The van der Waals surface area contributed by atoms with E-state index in [1.807, 2.05) is 0 Å². The van der Waals surface area contributed by atoms with Crippen molar-refractivity contribution >= 4 is 29.9 Å². The van der Waals surface area contributed by atoms with E-state index in [0.29, 0.717) is 13.0 Å². The fourth-order valence-corrected chi connectivity index (χ4v) is 2.37. The first kappa shape index (κ1) is 23.5. The molecule has 3 heteroatoms. The third-order valence-corrected chi connectivity index (χ3v) is 3.75. The van der Waals surface area contributed by atoms with E-state index in [-0.39, 0.29) is 29.9 Å². The molecular formula is C18H38O2Sn. The van der Waals surface area contributed by atoms with Gasteiger partial charge in [-0.05, 0) is 12.8 Å². The van der Waals surface area contributed by atoms with Crippen LogP contribution in [0.2, 0.25) is 0 Å². The molecule has 2 radical (unpaired) electrons. The molecule has 0 aliphatic carbocycles. The van der Waals surface area contributed by atoms with Gasteiger partial charge in [-0.25, -0.2) is 0 Å². The molecule has 0 aromatic carbocycles. The van der Waals surface area contributed by atoms with Gasteiger partial charge < -0.3 is 4.74 Å². The SMILES string of the molecule is CCCCCCCCCCCC(=O)OCCCCCC.[SnH2]. The van der Waals surface area contributed by atoms with Crippen molar-refractivity contribution < 1.29 is 9.53 Å². The molecule has 0 rings (SSSR count). The van der Waals surface area contributed by atoms with Crippen LogP contribution in [-0.2, 0) is 9.53 Å². The Morgan fingerprint density at radius 1 is 0.667 bits per heavy atom. The average molecular weight is 405 g/mol. The van der Waals surface area contributed by atoms with Crippen molar-refractivity contribution in [3.63, 3.8) is 0 Å². The molecular weight excluding hydrogens is 367 g/mol. The molecule has 0 spiro atoms. The number of ether oxygens (including phenoxy) is 1. The Labute approximate surface area is 149 Å². The van der Waals surface area contributed by atoms with Crippen molar-refractivity contribution in [3.8, 4) is 0 Å². The fraction of sp³-hybridized carbons (Fsp3) is 0.944. The van der Waals surface area contributed by atoms with Crippen LogP contribution in [0, 0.1) is 0 Å². The first-order valence-electron chi connectivity index (χ1n) is 8.96. The zero-order valence-corrected chi connectivity index (χ0v) is 18.7. The van der Waals surface area contributed by atoms with Gasteiger partial charge in [0.15, 0.2) is 0 Å². The summed E-state index contributed by atoms with van der Waals surface area (Å²) in [5.74, 6) is 0.00412. The van der Waals surface area contributed by atoms with Gasteiger partial charge in [-0.1, -0.05) is 84.5 Å². The zero-order chi connectivity index (χ0) is 14.9. The van der Waals surface area contributed by atoms with Crippen molar-refractivity contribution in [2.75, 3.05) is 6.61 Å². The summed E-state index contributed by atoms with van der Waals surface area (Å²) in [6.45, 7) is 5.06. The van der Waals surface area contributed by atoms with E-state index in [2.05, 4.69) is 13.8 Å². The van der Waals surface area contributed by atoms with E-state index in [1.54, 1.807) is 0 Å². The molecule has 2 nitrogen and oxygen atoms in total. The van der Waals surface area contributed by atoms with Crippen LogP contribution in [0.3, 0.4) is 0 Å². The van der Waals surface area contributed by atoms with Crippen LogP contribution in [0.1, 0.15) is 104 Å². The Balaban J connectivity index is 0. The first-order valence-corrected chi connectivity index (χ1v) is 8.96. The molecule has 0 atom stereocenters. The predicted octanol–water partition coefficient (Wildman–Crippen LogP) is 5.11. The summed E-state index contributed by atoms with van der Waals surface area (Å²) in [6.07, 6.45) is 16.9. The van der Waals surface area contributed by atoms with Crippen LogP contribution < -0.4 is 0 Å². The van der Waals surface area contributed by atoms with Crippen LogP contribution in [-0.4, -0.2) is 36.5 Å². The molecule has 0 saturated heterocycles. The predicted molar refractivity (Wildman–Crippen MR) is 95.5 cm³/mol. The maximum atomic E-state index is 11.5. The molecule has 0 aromatic rings. The number of carbonyl (C=O) groups excluding carboxylic acids is 1. The molecule has 0 heterocycles. The molecule has 0 aliphatic rings. The number of carbonyl (C=O) groups is 1. The molecule has 0 bridgehead atoms. The van der Waals surface area contributed by atoms with Crippen LogP contribution in [0.4, 0.5) is 0 Å². The van der Waals surface area contributed by atoms with E-state index in [4.69, 9.17) is 4.74 Å². The number of hydrogen-bond donors (Lipinski definition) is 0. The molecule has 0 unspecified atom stereocenters. The van der Waals surface area contributed by atoms with Crippen molar-refractivity contribution in [2.24, 2.45) is 0 Å². The minimum absolute atomic E-state index is 0. The normalized spacial score (nSPS) is 10.2. The zero-order valence-electron chi connectivity index (χ0n) is 14.6. The third kappa shape index (κ3) is 20.3. The van der Waals surface area contributed by atoms with Gasteiger partial charge in [0, 0.05) is 6.42 Å².